The van der Waals surface area contributed by atoms with E-state index in [1.165, 1.54) is 19.3 Å². The number of hydrogen-bond acceptors (Lipinski definition) is 3. The summed E-state index contributed by atoms with van der Waals surface area (Å²) >= 11 is 0. The van der Waals surface area contributed by atoms with Crippen molar-refractivity contribution in [2.45, 2.75) is 67.2 Å². The van der Waals surface area contributed by atoms with Gasteiger partial charge in [0.25, 0.3) is 0 Å². The molecule has 0 amide bonds. The highest BCUT2D eigenvalue weighted by atomic mass is 16.5. The van der Waals surface area contributed by atoms with Crippen molar-refractivity contribution in [1.82, 2.24) is 5.32 Å². The van der Waals surface area contributed by atoms with Crippen LogP contribution in [0.4, 0.5) is 0 Å². The number of methoxy groups -OCH3 is 2. The lowest BCUT2D eigenvalue weighted by Crippen LogP contribution is -2.31. The first-order chi connectivity index (χ1) is 10.4. The highest BCUT2D eigenvalue weighted by molar-refractivity contribution is 4.77. The summed E-state index contributed by atoms with van der Waals surface area (Å²) < 4.78 is 10.5. The van der Waals surface area contributed by atoms with Crippen LogP contribution in [0.5, 0.6) is 0 Å². The van der Waals surface area contributed by atoms with Gasteiger partial charge in [0.05, 0.1) is 13.2 Å². The highest BCUT2D eigenvalue weighted by Gasteiger charge is 2.27. The maximum Gasteiger partial charge on any atom is 0.0540 e. The zero-order chi connectivity index (χ0) is 17.4. The van der Waals surface area contributed by atoms with Crippen LogP contribution in [0, 0.1) is 17.3 Å². The summed E-state index contributed by atoms with van der Waals surface area (Å²) in [5, 5.41) is 3.38. The number of nitrogens with one attached hydrogen (secondary N) is 1. The predicted octanol–water partition coefficient (Wildman–Crippen LogP) is 4.75. The smallest absolute Gasteiger partial charge is 0.0540 e. The van der Waals surface area contributed by atoms with E-state index in [1.54, 1.807) is 14.2 Å². The minimum atomic E-state index is 0.250. The lowest BCUT2D eigenvalue weighted by Gasteiger charge is -2.31. The Morgan fingerprint density at radius 3 is 1.59 bits per heavy atom. The van der Waals surface area contributed by atoms with Crippen molar-refractivity contribution in [3.8, 4) is 0 Å². The third kappa shape index (κ3) is 14.8. The van der Waals surface area contributed by atoms with Gasteiger partial charge in [0.1, 0.15) is 0 Å². The normalized spacial score (nSPS) is 11.7. The minimum absolute atomic E-state index is 0.250. The highest BCUT2D eigenvalue weighted by Crippen LogP contribution is 2.29. The molecule has 1 N–H and O–H groups in total. The molecule has 22 heavy (non-hydrogen) atoms. The van der Waals surface area contributed by atoms with Gasteiger partial charge in [-0.15, -0.1) is 0 Å². The van der Waals surface area contributed by atoms with Gasteiger partial charge in [-0.1, -0.05) is 54.4 Å². The zero-order valence-electron chi connectivity index (χ0n) is 16.6. The molecular weight excluding hydrogens is 274 g/mol. The van der Waals surface area contributed by atoms with Crippen molar-refractivity contribution >= 4 is 0 Å². The molecule has 0 bridgehead atoms. The lowest BCUT2D eigenvalue weighted by atomic mass is 9.82. The monoisotopic (exact) mass is 317 g/mol. The Morgan fingerprint density at radius 1 is 0.864 bits per heavy atom. The Morgan fingerprint density at radius 2 is 1.32 bits per heavy atom. The van der Waals surface area contributed by atoms with Gasteiger partial charge in [0, 0.05) is 19.6 Å². The van der Waals surface area contributed by atoms with Gasteiger partial charge in [-0.2, -0.15) is 0 Å². The standard InChI is InChI=1S/C11H24O2.C8H19N/c1-5-7-8-11(6-2,9-12-3)10-13-4;1-7(2)5-9-6-8(3)4/h5-10H2,1-4H3;7-9H,5-6H2,1-4H3. The number of rotatable bonds is 12. The molecule has 0 aliphatic heterocycles. The molecule has 0 saturated carbocycles. The summed E-state index contributed by atoms with van der Waals surface area (Å²) in [6, 6.07) is 0. The van der Waals surface area contributed by atoms with E-state index in [0.717, 1.165) is 44.6 Å². The second-order valence-electron chi connectivity index (χ2n) is 7.27. The van der Waals surface area contributed by atoms with Crippen LogP contribution in [-0.2, 0) is 9.47 Å². The quantitative estimate of drug-likeness (QED) is 0.563. The van der Waals surface area contributed by atoms with Gasteiger partial charge in [-0.25, -0.2) is 0 Å². The van der Waals surface area contributed by atoms with Gasteiger partial charge in [-0.05, 0) is 37.8 Å². The fraction of sp³-hybridized carbons (Fsp3) is 1.00. The summed E-state index contributed by atoms with van der Waals surface area (Å²) in [5.41, 5.74) is 0.250. The first-order valence-electron chi connectivity index (χ1n) is 9.06. The molecule has 0 radical (unpaired) electrons. The van der Waals surface area contributed by atoms with E-state index < -0.39 is 0 Å². The average Bonchev–Trinajstić information content (AvgIpc) is 2.45. The Kier molecular flexibility index (Phi) is 17.3. The number of ether oxygens (including phenoxy) is 2. The molecule has 0 aliphatic rings. The SMILES string of the molecule is CC(C)CNCC(C)C.CCCCC(CC)(COC)COC. The predicted molar refractivity (Wildman–Crippen MR) is 98.5 cm³/mol. The summed E-state index contributed by atoms with van der Waals surface area (Å²) in [6.45, 7) is 17.3. The van der Waals surface area contributed by atoms with E-state index in [4.69, 9.17) is 9.47 Å². The van der Waals surface area contributed by atoms with Crippen molar-refractivity contribution in [2.75, 3.05) is 40.5 Å². The third-order valence-electron chi connectivity index (χ3n) is 3.82. The van der Waals surface area contributed by atoms with Crippen LogP contribution in [0.25, 0.3) is 0 Å². The maximum atomic E-state index is 5.27. The van der Waals surface area contributed by atoms with Crippen LogP contribution >= 0.6 is 0 Å². The molecule has 0 rings (SSSR count). The van der Waals surface area contributed by atoms with Gasteiger partial charge >= 0.3 is 0 Å². The van der Waals surface area contributed by atoms with Crippen molar-refractivity contribution in [1.29, 1.82) is 0 Å². The molecule has 0 aromatic rings. The van der Waals surface area contributed by atoms with Crippen LogP contribution in [0.15, 0.2) is 0 Å². The van der Waals surface area contributed by atoms with E-state index in [9.17, 15) is 0 Å². The fourth-order valence-electron chi connectivity index (χ4n) is 2.39. The third-order valence-corrected chi connectivity index (χ3v) is 3.82. The molecule has 0 aromatic carbocycles. The average molecular weight is 318 g/mol. The Hall–Kier alpha value is -0.120. The second-order valence-corrected chi connectivity index (χ2v) is 7.27. The number of unbranched alkanes of at least 4 members (excludes halogenated alkanes) is 1. The first-order valence-corrected chi connectivity index (χ1v) is 9.06. The first kappa shape index (κ1) is 24.1. The molecular formula is C19H43NO2. The van der Waals surface area contributed by atoms with E-state index in [-0.39, 0.29) is 5.41 Å². The van der Waals surface area contributed by atoms with Crippen molar-refractivity contribution in [3.63, 3.8) is 0 Å². The summed E-state index contributed by atoms with van der Waals surface area (Å²) in [4.78, 5) is 0. The van der Waals surface area contributed by atoms with Gasteiger partial charge in [-0.3, -0.25) is 0 Å². The molecule has 0 unspecified atom stereocenters. The summed E-state index contributed by atoms with van der Waals surface area (Å²) in [5.74, 6) is 1.56. The molecule has 3 heteroatoms. The van der Waals surface area contributed by atoms with Crippen LogP contribution in [-0.4, -0.2) is 40.5 Å². The minimum Gasteiger partial charge on any atom is -0.384 e. The van der Waals surface area contributed by atoms with E-state index in [1.807, 2.05) is 0 Å². The van der Waals surface area contributed by atoms with Crippen LogP contribution in [0.1, 0.15) is 67.2 Å². The molecule has 0 heterocycles. The summed E-state index contributed by atoms with van der Waals surface area (Å²) in [7, 11) is 3.54. The van der Waals surface area contributed by atoms with E-state index in [0.29, 0.717) is 0 Å². The van der Waals surface area contributed by atoms with Crippen molar-refractivity contribution in [3.05, 3.63) is 0 Å². The molecule has 0 fully saturated rings. The zero-order valence-corrected chi connectivity index (χ0v) is 16.6. The molecule has 0 saturated heterocycles. The molecule has 136 valence electrons. The van der Waals surface area contributed by atoms with Gasteiger partial charge in [0.2, 0.25) is 0 Å². The van der Waals surface area contributed by atoms with Crippen molar-refractivity contribution in [2.24, 2.45) is 17.3 Å². The largest absolute Gasteiger partial charge is 0.384 e. The molecule has 0 atom stereocenters. The Bertz CT molecular complexity index is 203. The van der Waals surface area contributed by atoms with E-state index >= 15 is 0 Å². The topological polar surface area (TPSA) is 30.5 Å². The molecule has 3 nitrogen and oxygen atoms in total. The van der Waals surface area contributed by atoms with Gasteiger partial charge in [0.15, 0.2) is 0 Å². The molecule has 0 spiro atoms. The number of hydrogen-bond donors (Lipinski definition) is 1. The van der Waals surface area contributed by atoms with E-state index in [2.05, 4.69) is 46.9 Å². The van der Waals surface area contributed by atoms with Gasteiger partial charge < -0.3 is 14.8 Å². The Labute approximate surface area is 140 Å². The molecule has 0 aliphatic carbocycles. The van der Waals surface area contributed by atoms with Crippen LogP contribution in [0.3, 0.4) is 0 Å². The van der Waals surface area contributed by atoms with Crippen LogP contribution in [0.2, 0.25) is 0 Å². The second kappa shape index (κ2) is 15.8. The summed E-state index contributed by atoms with van der Waals surface area (Å²) in [6.07, 6.45) is 4.85. The molecule has 0 aromatic heterocycles. The Balaban J connectivity index is 0. The van der Waals surface area contributed by atoms with Crippen molar-refractivity contribution < 1.29 is 9.47 Å². The lowest BCUT2D eigenvalue weighted by molar-refractivity contribution is 0.000482. The maximum absolute atomic E-state index is 5.27. The fourth-order valence-corrected chi connectivity index (χ4v) is 2.39. The van der Waals surface area contributed by atoms with Crippen LogP contribution < -0.4 is 5.32 Å².